The highest BCUT2D eigenvalue weighted by atomic mass is 32.2. The van der Waals surface area contributed by atoms with E-state index in [2.05, 4.69) is 58.2 Å². The van der Waals surface area contributed by atoms with Crippen molar-refractivity contribution < 1.29 is 22.6 Å². The Morgan fingerprint density at radius 2 is 1.70 bits per heavy atom. The number of carbonyl (C=O) groups excluding carboxylic acids is 2. The molecule has 53 heavy (non-hydrogen) atoms. The number of piperazine rings is 1. The van der Waals surface area contributed by atoms with Gasteiger partial charge in [-0.15, -0.1) is 10.3 Å². The van der Waals surface area contributed by atoms with E-state index in [1.807, 2.05) is 53.8 Å². The third-order valence-electron chi connectivity index (χ3n) is 12.2. The van der Waals surface area contributed by atoms with Crippen LogP contribution in [0.25, 0.3) is 5.70 Å². The summed E-state index contributed by atoms with van der Waals surface area (Å²) < 4.78 is 25.9. The first kappa shape index (κ1) is 37.0. The summed E-state index contributed by atoms with van der Waals surface area (Å²) in [4.78, 5) is 37.9. The van der Waals surface area contributed by atoms with Gasteiger partial charge >= 0.3 is 0 Å². The van der Waals surface area contributed by atoms with Gasteiger partial charge < -0.3 is 0 Å². The van der Waals surface area contributed by atoms with E-state index in [-0.39, 0.29) is 22.5 Å². The summed E-state index contributed by atoms with van der Waals surface area (Å²) >= 11 is 0. The van der Waals surface area contributed by atoms with Crippen molar-refractivity contribution in [3.05, 3.63) is 102 Å². The zero-order valence-electron chi connectivity index (χ0n) is 30.9. The minimum Gasteiger partial charge on any atom is -0.298 e. The first-order valence-corrected chi connectivity index (χ1v) is 20.3. The number of nitrogens with zero attached hydrogens (tertiary/aromatic N) is 6. The lowest BCUT2D eigenvalue weighted by molar-refractivity contribution is -0.131. The second-order valence-electron chi connectivity index (χ2n) is 15.7. The van der Waals surface area contributed by atoms with E-state index in [9.17, 15) is 18.0 Å². The molecule has 0 unspecified atom stereocenters. The topological polar surface area (TPSA) is 148 Å². The monoisotopic (exact) mass is 739 g/mol. The fraction of sp³-hybridized carbons (Fsp3) is 0.475. The Balaban J connectivity index is 0.000000817. The van der Waals surface area contributed by atoms with Crippen molar-refractivity contribution in [1.82, 2.24) is 30.5 Å². The first-order chi connectivity index (χ1) is 25.2. The van der Waals surface area contributed by atoms with Crippen LogP contribution in [-0.4, -0.2) is 94.3 Å². The number of aromatic nitrogens is 2. The number of fused-ring (bicyclic) bond motifs is 5. The van der Waals surface area contributed by atoms with Gasteiger partial charge in [0, 0.05) is 49.9 Å². The Morgan fingerprint density at radius 1 is 1.02 bits per heavy atom. The van der Waals surface area contributed by atoms with Crippen LogP contribution in [0.15, 0.2) is 95.4 Å². The number of carbonyl (C=O) groups is 2. The zero-order chi connectivity index (χ0) is 37.5. The molecule has 1 saturated heterocycles. The average Bonchev–Trinajstić information content (AvgIpc) is 3.42. The lowest BCUT2D eigenvalue weighted by Gasteiger charge is -2.52. The molecule has 2 aromatic rings. The number of allylic oxidation sites excluding steroid dienone is 7. The van der Waals surface area contributed by atoms with Crippen LogP contribution in [0.5, 0.6) is 0 Å². The second kappa shape index (κ2) is 14.5. The summed E-state index contributed by atoms with van der Waals surface area (Å²) in [6.45, 7) is 10.6. The molecule has 0 aromatic carbocycles. The number of hydrazone groups is 1. The first-order valence-electron chi connectivity index (χ1n) is 18.5. The number of hydrazine groups is 2. The third-order valence-corrected chi connectivity index (χ3v) is 12.2. The number of hydrogen-bond acceptors (Lipinski definition) is 11. The van der Waals surface area contributed by atoms with Gasteiger partial charge in [0.15, 0.2) is 11.6 Å². The van der Waals surface area contributed by atoms with Gasteiger partial charge in [0.2, 0.25) is 0 Å². The molecule has 12 nitrogen and oxygen atoms in total. The lowest BCUT2D eigenvalue weighted by Crippen LogP contribution is -2.57. The van der Waals surface area contributed by atoms with Gasteiger partial charge in [0.05, 0.1) is 29.9 Å². The normalized spacial score (nSPS) is 31.3. The summed E-state index contributed by atoms with van der Waals surface area (Å²) in [5, 5.41) is 8.94. The Morgan fingerprint density at radius 3 is 2.36 bits per heavy atom. The van der Waals surface area contributed by atoms with Crippen LogP contribution in [0.1, 0.15) is 57.8 Å². The quantitative estimate of drug-likeness (QED) is 0.313. The summed E-state index contributed by atoms with van der Waals surface area (Å²) in [6.07, 6.45) is 18.6. The number of ketones is 2. The van der Waals surface area contributed by atoms with Gasteiger partial charge in [-0.2, -0.15) is 13.4 Å². The van der Waals surface area contributed by atoms with E-state index < -0.39 is 10.1 Å². The summed E-state index contributed by atoms with van der Waals surface area (Å²) in [6, 6.07) is 11.7. The van der Waals surface area contributed by atoms with Gasteiger partial charge in [-0.05, 0) is 98.3 Å². The van der Waals surface area contributed by atoms with Crippen molar-refractivity contribution in [2.75, 3.05) is 39.0 Å². The van der Waals surface area contributed by atoms with Crippen LogP contribution in [0.2, 0.25) is 0 Å². The molecule has 0 radical (unpaired) electrons. The predicted octanol–water partition coefficient (Wildman–Crippen LogP) is 4.74. The average molecular weight is 740 g/mol. The van der Waals surface area contributed by atoms with Gasteiger partial charge in [0.1, 0.15) is 5.71 Å². The molecule has 8 rings (SSSR count). The molecule has 13 heteroatoms. The highest BCUT2D eigenvalue weighted by molar-refractivity contribution is 7.85. The molecule has 280 valence electrons. The Kier molecular flexibility index (Phi) is 10.1. The maximum absolute atomic E-state index is 14.3. The molecule has 0 bridgehead atoms. The summed E-state index contributed by atoms with van der Waals surface area (Å²) in [5.74, 6) is 1.92. The standard InChI is InChI=1S/C39H45N7O2.CH4O3S/c1-26-22-31-29-11-10-27-23-28(47)12-14-38(27,2)30(29)13-15-39(31,3)37(26)36(48)25-44-18-20-45(21-19-44)46-42-34(32-8-4-6-16-40-32)24-35(43-46)33-9-5-7-17-41-33;1-5(2,3)4/h4-9,12-14,16-17,23-24,26,29,31,37,42H,10-11,15,18-22,25H2,1-3H3;1H3,(H,2,3,4)/t26-,29-,31+,37-,38+,39+;/m1./s1. The molecule has 0 spiro atoms. The predicted molar refractivity (Wildman–Crippen MR) is 203 cm³/mol. The molecule has 3 fully saturated rings. The van der Waals surface area contributed by atoms with E-state index in [1.54, 1.807) is 18.5 Å². The van der Waals surface area contributed by atoms with Crippen molar-refractivity contribution >= 4 is 33.1 Å². The van der Waals surface area contributed by atoms with E-state index in [0.717, 1.165) is 74.7 Å². The fourth-order valence-corrected chi connectivity index (χ4v) is 9.84. The second-order valence-corrected chi connectivity index (χ2v) is 17.2. The lowest BCUT2D eigenvalue weighted by atomic mass is 9.52. The van der Waals surface area contributed by atoms with E-state index >= 15 is 0 Å². The van der Waals surface area contributed by atoms with Crippen LogP contribution in [0.4, 0.5) is 0 Å². The maximum Gasteiger partial charge on any atom is 0.261 e. The van der Waals surface area contributed by atoms with Crippen molar-refractivity contribution in [2.45, 2.75) is 46.5 Å². The third kappa shape index (κ3) is 7.57. The highest BCUT2D eigenvalue weighted by Gasteiger charge is 2.59. The largest absolute Gasteiger partial charge is 0.298 e. The van der Waals surface area contributed by atoms with Crippen molar-refractivity contribution in [2.24, 2.45) is 39.6 Å². The molecule has 4 aliphatic carbocycles. The smallest absolute Gasteiger partial charge is 0.261 e. The van der Waals surface area contributed by atoms with Gasteiger partial charge in [-0.1, -0.05) is 49.3 Å². The van der Waals surface area contributed by atoms with Crippen molar-refractivity contribution in [1.29, 1.82) is 0 Å². The minimum atomic E-state index is -3.67. The van der Waals surface area contributed by atoms with Crippen LogP contribution >= 0.6 is 0 Å². The summed E-state index contributed by atoms with van der Waals surface area (Å²) in [5.41, 5.74) is 9.29. The molecule has 0 amide bonds. The highest BCUT2D eigenvalue weighted by Crippen LogP contribution is 2.65. The van der Waals surface area contributed by atoms with Gasteiger partial charge in [0.25, 0.3) is 10.1 Å². The SMILES string of the molecule is CS(=O)(=O)O.C[C@@H]1C[C@H]2[C@@H]3CCC4=CC(=O)C=C[C@]4(C)C3=CC[C@]2(C)[C@H]1C(=O)CN1CCN(N2N=C(c3ccccn3)C=C(c3ccccn3)N2)CC1. The molecule has 6 atom stereocenters. The molecule has 2 aromatic heterocycles. The molecule has 2 N–H and O–H groups in total. The number of Topliss-reactive ketones (excluding diaryl/α,β-unsaturated/α-hetero) is 1. The number of pyridine rings is 2. The van der Waals surface area contributed by atoms with Crippen LogP contribution < -0.4 is 5.43 Å². The molecule has 6 aliphatic rings. The minimum absolute atomic E-state index is 0.0270. The van der Waals surface area contributed by atoms with Gasteiger partial charge in [-0.3, -0.25) is 34.4 Å². The molecule has 2 aliphatic heterocycles. The van der Waals surface area contributed by atoms with Crippen molar-refractivity contribution in [3.8, 4) is 0 Å². The Hall–Kier alpha value is -4.30. The molecular weight excluding hydrogens is 691 g/mol. The van der Waals surface area contributed by atoms with E-state index in [4.69, 9.17) is 9.65 Å². The zero-order valence-corrected chi connectivity index (χ0v) is 31.7. The molecular formula is C40H49N7O5S. The Bertz CT molecular complexity index is 2000. The number of nitrogens with one attached hydrogen (secondary N) is 1. The van der Waals surface area contributed by atoms with E-state index in [0.29, 0.717) is 36.3 Å². The van der Waals surface area contributed by atoms with Crippen molar-refractivity contribution in [3.63, 3.8) is 0 Å². The van der Waals surface area contributed by atoms with Crippen LogP contribution in [0, 0.1) is 34.5 Å². The number of rotatable bonds is 6. The molecule has 4 heterocycles. The van der Waals surface area contributed by atoms with E-state index in [1.165, 1.54) is 11.1 Å². The van der Waals surface area contributed by atoms with Crippen LogP contribution in [0.3, 0.4) is 0 Å². The van der Waals surface area contributed by atoms with Crippen LogP contribution in [-0.2, 0) is 19.7 Å². The Labute approximate surface area is 312 Å². The summed E-state index contributed by atoms with van der Waals surface area (Å²) in [7, 11) is -3.67. The van der Waals surface area contributed by atoms with Gasteiger partial charge in [-0.25, -0.2) is 0 Å². The molecule has 2 saturated carbocycles. The number of hydrogen-bond donors (Lipinski definition) is 2. The fourth-order valence-electron chi connectivity index (χ4n) is 9.84. The maximum atomic E-state index is 14.3.